The Morgan fingerprint density at radius 2 is 2.10 bits per heavy atom. The molecule has 0 unspecified atom stereocenters. The standard InChI is InChI=1S/C13H16ClN3O3/c14-11-2-1-10(9-16-11)13(19)15-4-3-12(18)17-5-7-20-8-6-17/h1-2,9H,3-8H2,(H,15,19). The highest BCUT2D eigenvalue weighted by atomic mass is 35.5. The van der Waals surface area contributed by atoms with E-state index in [1.165, 1.54) is 6.20 Å². The Bertz CT molecular complexity index is 472. The van der Waals surface area contributed by atoms with Crippen molar-refractivity contribution >= 4 is 23.4 Å². The lowest BCUT2D eigenvalue weighted by molar-refractivity contribution is -0.135. The van der Waals surface area contributed by atoms with Crippen LogP contribution in [-0.2, 0) is 9.53 Å². The van der Waals surface area contributed by atoms with Crippen LogP contribution in [0.1, 0.15) is 16.8 Å². The summed E-state index contributed by atoms with van der Waals surface area (Å²) < 4.78 is 5.18. The van der Waals surface area contributed by atoms with Gasteiger partial charge in [-0.1, -0.05) is 11.6 Å². The van der Waals surface area contributed by atoms with Crippen molar-refractivity contribution in [3.63, 3.8) is 0 Å². The molecule has 1 aliphatic rings. The minimum Gasteiger partial charge on any atom is -0.378 e. The summed E-state index contributed by atoms with van der Waals surface area (Å²) in [5.41, 5.74) is 0.424. The monoisotopic (exact) mass is 297 g/mol. The minimum atomic E-state index is -0.260. The van der Waals surface area contributed by atoms with Crippen molar-refractivity contribution in [1.29, 1.82) is 0 Å². The van der Waals surface area contributed by atoms with E-state index >= 15 is 0 Å². The maximum absolute atomic E-state index is 11.9. The summed E-state index contributed by atoms with van der Waals surface area (Å²) in [6.07, 6.45) is 1.69. The van der Waals surface area contributed by atoms with Gasteiger partial charge in [-0.05, 0) is 12.1 Å². The summed E-state index contributed by atoms with van der Waals surface area (Å²) in [6, 6.07) is 3.14. The summed E-state index contributed by atoms with van der Waals surface area (Å²) in [6.45, 7) is 2.70. The van der Waals surface area contributed by atoms with E-state index in [0.717, 1.165) is 0 Å². The number of nitrogens with one attached hydrogen (secondary N) is 1. The number of rotatable bonds is 4. The number of pyridine rings is 1. The SMILES string of the molecule is O=C(NCCC(=O)N1CCOCC1)c1ccc(Cl)nc1. The number of carbonyl (C=O) groups is 2. The molecule has 1 aliphatic heterocycles. The number of amides is 2. The van der Waals surface area contributed by atoms with Gasteiger partial charge < -0.3 is 15.0 Å². The third-order valence-corrected chi connectivity index (χ3v) is 3.20. The number of hydrogen-bond acceptors (Lipinski definition) is 4. The zero-order valence-electron chi connectivity index (χ0n) is 11.0. The first-order chi connectivity index (χ1) is 9.66. The van der Waals surface area contributed by atoms with E-state index in [1.54, 1.807) is 17.0 Å². The second kappa shape index (κ2) is 7.21. The lowest BCUT2D eigenvalue weighted by Gasteiger charge is -2.26. The highest BCUT2D eigenvalue weighted by Gasteiger charge is 2.16. The van der Waals surface area contributed by atoms with Crippen LogP contribution in [0, 0.1) is 0 Å². The fourth-order valence-corrected chi connectivity index (χ4v) is 1.98. The van der Waals surface area contributed by atoms with E-state index in [1.807, 2.05) is 0 Å². The zero-order valence-corrected chi connectivity index (χ0v) is 11.7. The smallest absolute Gasteiger partial charge is 0.252 e. The zero-order chi connectivity index (χ0) is 14.4. The number of aromatic nitrogens is 1. The molecule has 2 rings (SSSR count). The Kier molecular flexibility index (Phi) is 5.31. The second-order valence-corrected chi connectivity index (χ2v) is 4.76. The summed E-state index contributed by atoms with van der Waals surface area (Å²) in [5.74, 6) is -0.230. The Hall–Kier alpha value is -1.66. The molecule has 0 spiro atoms. The minimum absolute atomic E-state index is 0.0304. The Balaban J connectivity index is 1.73. The van der Waals surface area contributed by atoms with Gasteiger partial charge in [-0.2, -0.15) is 0 Å². The summed E-state index contributed by atoms with van der Waals surface area (Å²) in [4.78, 5) is 29.2. The fourth-order valence-electron chi connectivity index (χ4n) is 1.87. The van der Waals surface area contributed by atoms with Gasteiger partial charge in [-0.25, -0.2) is 4.98 Å². The molecular formula is C13H16ClN3O3. The quantitative estimate of drug-likeness (QED) is 0.831. The van der Waals surface area contributed by atoms with Crippen molar-refractivity contribution in [2.75, 3.05) is 32.8 Å². The molecule has 1 fully saturated rings. The van der Waals surface area contributed by atoms with Gasteiger partial charge in [0.25, 0.3) is 5.91 Å². The van der Waals surface area contributed by atoms with E-state index < -0.39 is 0 Å². The van der Waals surface area contributed by atoms with Gasteiger partial charge in [0.1, 0.15) is 5.15 Å². The first kappa shape index (κ1) is 14.7. The van der Waals surface area contributed by atoms with Gasteiger partial charge in [0, 0.05) is 32.3 Å². The van der Waals surface area contributed by atoms with Crippen LogP contribution in [0.15, 0.2) is 18.3 Å². The fraction of sp³-hybridized carbons (Fsp3) is 0.462. The Morgan fingerprint density at radius 1 is 1.35 bits per heavy atom. The number of halogens is 1. The Morgan fingerprint density at radius 3 is 2.75 bits per heavy atom. The van der Waals surface area contributed by atoms with Gasteiger partial charge in [-0.3, -0.25) is 9.59 Å². The Labute approximate surface area is 122 Å². The summed E-state index contributed by atoms with van der Waals surface area (Å²) in [5, 5.41) is 3.02. The van der Waals surface area contributed by atoms with Crippen molar-refractivity contribution in [3.05, 3.63) is 29.0 Å². The normalized spacial score (nSPS) is 14.9. The molecular weight excluding hydrogens is 282 g/mol. The molecule has 7 heteroatoms. The van der Waals surface area contributed by atoms with Gasteiger partial charge in [-0.15, -0.1) is 0 Å². The predicted molar refractivity (Wildman–Crippen MR) is 73.6 cm³/mol. The van der Waals surface area contributed by atoms with Crippen molar-refractivity contribution < 1.29 is 14.3 Å². The molecule has 2 heterocycles. The van der Waals surface area contributed by atoms with Crippen LogP contribution < -0.4 is 5.32 Å². The van der Waals surface area contributed by atoms with Crippen LogP contribution in [0.3, 0.4) is 0 Å². The van der Waals surface area contributed by atoms with E-state index in [9.17, 15) is 9.59 Å². The van der Waals surface area contributed by atoms with Crippen molar-refractivity contribution in [3.8, 4) is 0 Å². The molecule has 1 aromatic heterocycles. The topological polar surface area (TPSA) is 71.5 Å². The van der Waals surface area contributed by atoms with Gasteiger partial charge >= 0.3 is 0 Å². The largest absolute Gasteiger partial charge is 0.378 e. The third-order valence-electron chi connectivity index (χ3n) is 2.98. The van der Waals surface area contributed by atoms with E-state index in [4.69, 9.17) is 16.3 Å². The average molecular weight is 298 g/mol. The number of morpholine rings is 1. The van der Waals surface area contributed by atoms with Gasteiger partial charge in [0.05, 0.1) is 18.8 Å². The van der Waals surface area contributed by atoms with Crippen molar-refractivity contribution in [2.45, 2.75) is 6.42 Å². The maximum atomic E-state index is 11.9. The van der Waals surface area contributed by atoms with Crippen molar-refractivity contribution in [1.82, 2.24) is 15.2 Å². The molecule has 1 saturated heterocycles. The van der Waals surface area contributed by atoms with Gasteiger partial charge in [0.15, 0.2) is 0 Å². The number of carbonyl (C=O) groups excluding carboxylic acids is 2. The first-order valence-electron chi connectivity index (χ1n) is 6.42. The van der Waals surface area contributed by atoms with E-state index in [0.29, 0.717) is 43.6 Å². The number of ether oxygens (including phenoxy) is 1. The van der Waals surface area contributed by atoms with Crippen LogP contribution in [0.5, 0.6) is 0 Å². The molecule has 0 aromatic carbocycles. The predicted octanol–water partition coefficient (Wildman–Crippen LogP) is 0.714. The molecule has 0 radical (unpaired) electrons. The van der Waals surface area contributed by atoms with E-state index in [-0.39, 0.29) is 18.2 Å². The summed E-state index contributed by atoms with van der Waals surface area (Å²) >= 11 is 5.65. The molecule has 1 N–H and O–H groups in total. The number of hydrogen-bond donors (Lipinski definition) is 1. The van der Waals surface area contributed by atoms with Crippen molar-refractivity contribution in [2.24, 2.45) is 0 Å². The van der Waals surface area contributed by atoms with E-state index in [2.05, 4.69) is 10.3 Å². The van der Waals surface area contributed by atoms with Gasteiger partial charge in [0.2, 0.25) is 5.91 Å². The molecule has 0 saturated carbocycles. The number of nitrogens with zero attached hydrogens (tertiary/aromatic N) is 2. The molecule has 6 nitrogen and oxygen atoms in total. The highest BCUT2D eigenvalue weighted by Crippen LogP contribution is 2.05. The lowest BCUT2D eigenvalue weighted by Crippen LogP contribution is -2.42. The van der Waals surface area contributed by atoms with Crippen LogP contribution >= 0.6 is 11.6 Å². The molecule has 2 amide bonds. The first-order valence-corrected chi connectivity index (χ1v) is 6.80. The molecule has 20 heavy (non-hydrogen) atoms. The second-order valence-electron chi connectivity index (χ2n) is 4.37. The van der Waals surface area contributed by atoms with Crippen LogP contribution in [0.2, 0.25) is 5.15 Å². The third kappa shape index (κ3) is 4.18. The molecule has 0 aliphatic carbocycles. The average Bonchev–Trinajstić information content (AvgIpc) is 2.48. The molecule has 1 aromatic rings. The molecule has 108 valence electrons. The van der Waals surface area contributed by atoms with Crippen LogP contribution in [0.25, 0.3) is 0 Å². The molecule has 0 bridgehead atoms. The lowest BCUT2D eigenvalue weighted by atomic mass is 10.2. The summed E-state index contributed by atoms with van der Waals surface area (Å²) in [7, 11) is 0. The molecule has 0 atom stereocenters. The highest BCUT2D eigenvalue weighted by molar-refractivity contribution is 6.29. The van der Waals surface area contributed by atoms with Crippen LogP contribution in [0.4, 0.5) is 0 Å². The van der Waals surface area contributed by atoms with Crippen LogP contribution in [-0.4, -0.2) is 54.5 Å². The maximum Gasteiger partial charge on any atom is 0.252 e.